The quantitative estimate of drug-likeness (QED) is 0.0330. The van der Waals surface area contributed by atoms with Crippen LogP contribution in [0.25, 0.3) is 0 Å². The number of carbonyl (C=O) groups is 3. The Morgan fingerprint density at radius 2 is 1.10 bits per heavy atom. The van der Waals surface area contributed by atoms with Gasteiger partial charge in [-0.3, -0.25) is 14.4 Å². The van der Waals surface area contributed by atoms with Crippen LogP contribution in [-0.2, 0) is 23.9 Å². The predicted octanol–water partition coefficient (Wildman–Crippen LogP) is 8.68. The second kappa shape index (κ2) is 30.5. The van der Waals surface area contributed by atoms with Gasteiger partial charge in [-0.05, 0) is 44.6 Å². The molecule has 0 rings (SSSR count). The summed E-state index contributed by atoms with van der Waals surface area (Å²) in [5.74, 6) is -0.869. The summed E-state index contributed by atoms with van der Waals surface area (Å²) in [6, 6.07) is 0. The fourth-order valence-corrected chi connectivity index (χ4v) is 4.04. The molecule has 0 bridgehead atoms. The maximum absolute atomic E-state index is 11.9. The molecule has 1 atom stereocenters. The minimum atomic E-state index is -1.05. The van der Waals surface area contributed by atoms with E-state index in [1.54, 1.807) is 6.08 Å². The van der Waals surface area contributed by atoms with E-state index in [4.69, 9.17) is 9.47 Å². The number of allylic oxidation sites excluding steroid dienone is 8. The van der Waals surface area contributed by atoms with Crippen molar-refractivity contribution < 1.29 is 29.0 Å². The van der Waals surface area contributed by atoms with Crippen LogP contribution in [0.4, 0.5) is 0 Å². The van der Waals surface area contributed by atoms with Gasteiger partial charge in [0.05, 0.1) is 0 Å². The monoisotopic (exact) mass is 574 g/mol. The van der Waals surface area contributed by atoms with Crippen LogP contribution in [0.5, 0.6) is 0 Å². The number of ether oxygens (including phenoxy) is 2. The molecule has 0 saturated carbocycles. The van der Waals surface area contributed by atoms with Crippen molar-refractivity contribution in [2.45, 2.75) is 142 Å². The number of aliphatic hydroxyl groups excluding tert-OH is 1. The minimum absolute atomic E-state index is 0.0508. The predicted molar refractivity (Wildman–Crippen MR) is 169 cm³/mol. The second-order valence-corrected chi connectivity index (χ2v) is 10.6. The number of unbranched alkanes of at least 4 members (excludes halogenated alkanes) is 11. The van der Waals surface area contributed by atoms with Crippen molar-refractivity contribution in [1.82, 2.24) is 0 Å². The highest BCUT2D eigenvalue weighted by Crippen LogP contribution is 2.11. The highest BCUT2D eigenvalue weighted by molar-refractivity contribution is 5.90. The van der Waals surface area contributed by atoms with Crippen LogP contribution in [0.3, 0.4) is 0 Å². The zero-order valence-electron chi connectivity index (χ0n) is 26.0. The molecule has 0 aromatic carbocycles. The second-order valence-electron chi connectivity index (χ2n) is 10.6. The van der Waals surface area contributed by atoms with Crippen LogP contribution >= 0.6 is 0 Å². The minimum Gasteiger partial charge on any atom is -0.463 e. The van der Waals surface area contributed by atoms with Gasteiger partial charge in [0.2, 0.25) is 0 Å². The number of ketones is 1. The molecule has 0 unspecified atom stereocenters. The average Bonchev–Trinajstić information content (AvgIpc) is 2.96. The largest absolute Gasteiger partial charge is 0.463 e. The molecule has 0 aliphatic carbocycles. The van der Waals surface area contributed by atoms with E-state index in [-0.39, 0.29) is 37.8 Å². The highest BCUT2D eigenvalue weighted by atomic mass is 16.6. The Morgan fingerprint density at radius 1 is 0.585 bits per heavy atom. The topological polar surface area (TPSA) is 89.9 Å². The number of hydrogen-bond acceptors (Lipinski definition) is 6. The van der Waals surface area contributed by atoms with Crippen LogP contribution in [-0.4, -0.2) is 42.1 Å². The summed E-state index contributed by atoms with van der Waals surface area (Å²) in [6.07, 6.45) is 33.1. The summed E-state index contributed by atoms with van der Waals surface area (Å²) in [4.78, 5) is 35.6. The molecule has 0 heterocycles. The summed E-state index contributed by atoms with van der Waals surface area (Å²) in [5.41, 5.74) is 0. The molecule has 0 spiro atoms. The van der Waals surface area contributed by atoms with E-state index in [2.05, 4.69) is 38.2 Å². The lowest BCUT2D eigenvalue weighted by molar-refractivity contribution is -0.152. The van der Waals surface area contributed by atoms with Crippen molar-refractivity contribution >= 4 is 17.7 Å². The van der Waals surface area contributed by atoms with E-state index in [1.165, 1.54) is 63.9 Å². The highest BCUT2D eigenvalue weighted by Gasteiger charge is 2.12. The van der Waals surface area contributed by atoms with Crippen LogP contribution in [0.15, 0.2) is 48.6 Å². The first-order chi connectivity index (χ1) is 20.0. The summed E-state index contributed by atoms with van der Waals surface area (Å²) >= 11 is 0. The zero-order chi connectivity index (χ0) is 30.2. The Hall–Kier alpha value is -2.47. The molecular formula is C35H58O6. The van der Waals surface area contributed by atoms with Gasteiger partial charge in [-0.15, -0.1) is 0 Å². The zero-order valence-corrected chi connectivity index (χ0v) is 26.0. The Bertz CT molecular complexity index is 765. The van der Waals surface area contributed by atoms with E-state index in [0.29, 0.717) is 12.8 Å². The normalized spacial score (nSPS) is 12.7. The summed E-state index contributed by atoms with van der Waals surface area (Å²) in [6.45, 7) is 4.01. The lowest BCUT2D eigenvalue weighted by Gasteiger charge is -2.12. The average molecular weight is 575 g/mol. The van der Waals surface area contributed by atoms with Crippen molar-refractivity contribution in [1.29, 1.82) is 0 Å². The van der Waals surface area contributed by atoms with Gasteiger partial charge in [-0.2, -0.15) is 0 Å². The maximum atomic E-state index is 11.9. The van der Waals surface area contributed by atoms with E-state index in [1.807, 2.05) is 12.2 Å². The number of rotatable bonds is 28. The first kappa shape index (κ1) is 38.5. The van der Waals surface area contributed by atoms with Gasteiger partial charge in [0.1, 0.15) is 19.3 Å². The van der Waals surface area contributed by atoms with Gasteiger partial charge in [-0.25, -0.2) is 0 Å². The molecule has 0 aliphatic heterocycles. The smallest absolute Gasteiger partial charge is 0.305 e. The molecule has 0 radical (unpaired) electrons. The van der Waals surface area contributed by atoms with E-state index in [0.717, 1.165) is 38.5 Å². The molecule has 1 N–H and O–H groups in total. The van der Waals surface area contributed by atoms with Crippen LogP contribution in [0, 0.1) is 0 Å². The molecule has 41 heavy (non-hydrogen) atoms. The van der Waals surface area contributed by atoms with Gasteiger partial charge in [0.15, 0.2) is 5.78 Å². The molecule has 0 fully saturated rings. The van der Waals surface area contributed by atoms with E-state index in [9.17, 15) is 19.5 Å². The van der Waals surface area contributed by atoms with Crippen molar-refractivity contribution in [2.75, 3.05) is 13.2 Å². The lowest BCUT2D eigenvalue weighted by Crippen LogP contribution is -2.25. The first-order valence-corrected chi connectivity index (χ1v) is 16.1. The number of esters is 2. The van der Waals surface area contributed by atoms with Gasteiger partial charge in [-0.1, -0.05) is 121 Å². The third-order valence-corrected chi connectivity index (χ3v) is 6.54. The molecule has 6 nitrogen and oxygen atoms in total. The lowest BCUT2D eigenvalue weighted by atomic mass is 10.1. The molecule has 0 saturated heterocycles. The molecule has 0 aromatic heterocycles. The van der Waals surface area contributed by atoms with Crippen molar-refractivity contribution in [3.63, 3.8) is 0 Å². The number of aliphatic hydroxyl groups is 1. The Balaban J connectivity index is 3.72. The first-order valence-electron chi connectivity index (χ1n) is 16.1. The van der Waals surface area contributed by atoms with Crippen LogP contribution in [0.1, 0.15) is 136 Å². The van der Waals surface area contributed by atoms with E-state index < -0.39 is 12.1 Å². The standard InChI is InChI=1S/C35H58O6/c1-3-5-7-9-11-13-14-15-16-18-19-21-23-26-32(36)27-25-29-35(39)41-31-33(37)30-40-34(38)28-24-22-20-17-12-10-8-6-4-2/h11,13,15-16,19,21,23,26,33,37H,3-10,12,14,17-18,20,22,24-25,27-31H2,1-2H3/b13-11-,16-15-,21-19-,26-23+/t33-/m1/s1. The number of carbonyl (C=O) groups excluding carboxylic acids is 3. The Morgan fingerprint density at radius 3 is 1.73 bits per heavy atom. The maximum Gasteiger partial charge on any atom is 0.305 e. The summed E-state index contributed by atoms with van der Waals surface area (Å²) < 4.78 is 10.1. The molecule has 0 aromatic rings. The molecule has 0 amide bonds. The Labute approximate surface area is 250 Å². The van der Waals surface area contributed by atoms with E-state index >= 15 is 0 Å². The molecule has 234 valence electrons. The van der Waals surface area contributed by atoms with Gasteiger partial charge < -0.3 is 14.6 Å². The van der Waals surface area contributed by atoms with Crippen molar-refractivity contribution in [3.05, 3.63) is 48.6 Å². The third kappa shape index (κ3) is 30.3. The summed E-state index contributed by atoms with van der Waals surface area (Å²) in [5, 5.41) is 9.91. The molecule has 0 aliphatic rings. The number of hydrogen-bond donors (Lipinski definition) is 1. The van der Waals surface area contributed by atoms with Crippen LogP contribution < -0.4 is 0 Å². The Kier molecular flexibility index (Phi) is 28.7. The summed E-state index contributed by atoms with van der Waals surface area (Å²) in [7, 11) is 0. The van der Waals surface area contributed by atoms with Gasteiger partial charge in [0.25, 0.3) is 0 Å². The van der Waals surface area contributed by atoms with Gasteiger partial charge in [0, 0.05) is 19.3 Å². The van der Waals surface area contributed by atoms with Crippen molar-refractivity contribution in [3.8, 4) is 0 Å². The molecular weight excluding hydrogens is 516 g/mol. The van der Waals surface area contributed by atoms with Gasteiger partial charge >= 0.3 is 11.9 Å². The third-order valence-electron chi connectivity index (χ3n) is 6.54. The fourth-order valence-electron chi connectivity index (χ4n) is 4.04. The molecule has 6 heteroatoms. The van der Waals surface area contributed by atoms with Crippen molar-refractivity contribution in [2.24, 2.45) is 0 Å². The fraction of sp³-hybridized carbons (Fsp3) is 0.686. The SMILES string of the molecule is CCCCC/C=C\C/C=C\C/C=C\C=C\C(=O)CCCC(=O)OC[C@H](O)COC(=O)CCCCCCCCCCC. The van der Waals surface area contributed by atoms with Crippen LogP contribution in [0.2, 0.25) is 0 Å².